The first-order valence-electron chi connectivity index (χ1n) is 11.5. The summed E-state index contributed by atoms with van der Waals surface area (Å²) in [6.45, 7) is 0.366. The van der Waals surface area contributed by atoms with Gasteiger partial charge in [0.1, 0.15) is 18.4 Å². The molecule has 1 aliphatic heterocycles. The van der Waals surface area contributed by atoms with Crippen molar-refractivity contribution in [3.63, 3.8) is 0 Å². The highest BCUT2D eigenvalue weighted by molar-refractivity contribution is 5.99. The lowest BCUT2D eigenvalue weighted by Gasteiger charge is -2.30. The van der Waals surface area contributed by atoms with Gasteiger partial charge in [-0.05, 0) is 29.8 Å². The van der Waals surface area contributed by atoms with E-state index in [0.29, 0.717) is 29.7 Å². The van der Waals surface area contributed by atoms with Crippen molar-refractivity contribution >= 4 is 23.6 Å². The highest BCUT2D eigenvalue weighted by Gasteiger charge is 2.30. The van der Waals surface area contributed by atoms with Gasteiger partial charge in [0.2, 0.25) is 5.91 Å². The number of nitrogens with one attached hydrogen (secondary N) is 2. The minimum absolute atomic E-state index is 0.114. The van der Waals surface area contributed by atoms with E-state index in [4.69, 9.17) is 21.5 Å². The number of aromatic nitrogens is 2. The number of amides is 2. The molecule has 0 saturated carbocycles. The number of aliphatic carboxylic acids is 1. The second kappa shape index (κ2) is 10.7. The third-order valence-electron chi connectivity index (χ3n) is 6.10. The molecular formula is C26H25N7O4. The summed E-state index contributed by atoms with van der Waals surface area (Å²) >= 11 is 0. The summed E-state index contributed by atoms with van der Waals surface area (Å²) in [5, 5.41) is 32.7. The van der Waals surface area contributed by atoms with Gasteiger partial charge in [0.25, 0.3) is 5.91 Å². The van der Waals surface area contributed by atoms with Gasteiger partial charge in [-0.2, -0.15) is 10.4 Å². The molecule has 2 aromatic carbocycles. The quantitative estimate of drug-likeness (QED) is 0.264. The SMILES string of the molecule is N#Cc1ccc(C[C@H](NC(=O)c2ccc(C(=N)N)cc2)C(=O)N2CCc3nn(CC(=O)O)cc3C2)cc1. The predicted octanol–water partition coefficient (Wildman–Crippen LogP) is 1.05. The second-order valence-electron chi connectivity index (χ2n) is 8.73. The van der Waals surface area contributed by atoms with Gasteiger partial charge in [0.05, 0.1) is 17.3 Å². The Morgan fingerprint density at radius 3 is 2.43 bits per heavy atom. The zero-order valence-electron chi connectivity index (χ0n) is 19.8. The van der Waals surface area contributed by atoms with Gasteiger partial charge in [0.15, 0.2) is 0 Å². The normalized spacial score (nSPS) is 13.2. The van der Waals surface area contributed by atoms with Crippen LogP contribution in [0.3, 0.4) is 0 Å². The lowest BCUT2D eigenvalue weighted by molar-refractivity contribution is -0.138. The molecule has 5 N–H and O–H groups in total. The van der Waals surface area contributed by atoms with Crippen LogP contribution in [-0.4, -0.2) is 56.0 Å². The Balaban J connectivity index is 1.54. The number of hydrogen-bond donors (Lipinski definition) is 4. The average molecular weight is 500 g/mol. The molecule has 1 aliphatic rings. The topological polar surface area (TPSA) is 178 Å². The predicted molar refractivity (Wildman–Crippen MR) is 133 cm³/mol. The lowest BCUT2D eigenvalue weighted by atomic mass is 10.0. The van der Waals surface area contributed by atoms with E-state index in [-0.39, 0.29) is 31.3 Å². The van der Waals surface area contributed by atoms with E-state index in [1.165, 1.54) is 4.68 Å². The van der Waals surface area contributed by atoms with Crippen LogP contribution < -0.4 is 11.1 Å². The molecular weight excluding hydrogens is 474 g/mol. The molecule has 0 bridgehead atoms. The smallest absolute Gasteiger partial charge is 0.325 e. The summed E-state index contributed by atoms with van der Waals surface area (Å²) < 4.78 is 1.35. The molecule has 1 atom stereocenters. The Hall–Kier alpha value is -4.98. The van der Waals surface area contributed by atoms with Gasteiger partial charge in [-0.15, -0.1) is 0 Å². The Bertz CT molecular complexity index is 1390. The number of carbonyl (C=O) groups excluding carboxylic acids is 2. The van der Waals surface area contributed by atoms with Gasteiger partial charge in [-0.1, -0.05) is 24.3 Å². The van der Waals surface area contributed by atoms with E-state index < -0.39 is 17.9 Å². The fourth-order valence-corrected chi connectivity index (χ4v) is 4.19. The second-order valence-corrected chi connectivity index (χ2v) is 8.73. The van der Waals surface area contributed by atoms with Crippen LogP contribution in [0.15, 0.2) is 54.7 Å². The van der Waals surface area contributed by atoms with Crippen LogP contribution in [0.5, 0.6) is 0 Å². The number of amidine groups is 1. The van der Waals surface area contributed by atoms with E-state index in [1.54, 1.807) is 59.6 Å². The van der Waals surface area contributed by atoms with Gasteiger partial charge >= 0.3 is 5.97 Å². The van der Waals surface area contributed by atoms with Crippen molar-refractivity contribution in [2.75, 3.05) is 6.54 Å². The van der Waals surface area contributed by atoms with Crippen molar-refractivity contribution in [3.05, 3.63) is 88.2 Å². The third kappa shape index (κ3) is 5.99. The molecule has 0 aliphatic carbocycles. The van der Waals surface area contributed by atoms with Crippen molar-refractivity contribution in [1.82, 2.24) is 20.0 Å². The molecule has 37 heavy (non-hydrogen) atoms. The fraction of sp³-hybridized carbons (Fsp3) is 0.231. The van der Waals surface area contributed by atoms with E-state index in [1.807, 2.05) is 0 Å². The number of nitrogens with zero attached hydrogens (tertiary/aromatic N) is 4. The minimum atomic E-state index is -1.01. The number of nitrogens with two attached hydrogens (primary N) is 1. The van der Waals surface area contributed by atoms with Crippen LogP contribution in [0.25, 0.3) is 0 Å². The van der Waals surface area contributed by atoms with E-state index in [9.17, 15) is 14.4 Å². The van der Waals surface area contributed by atoms with Gasteiger partial charge in [-0.3, -0.25) is 24.5 Å². The summed E-state index contributed by atoms with van der Waals surface area (Å²) in [4.78, 5) is 39.3. The van der Waals surface area contributed by atoms with E-state index in [2.05, 4.69) is 16.5 Å². The monoisotopic (exact) mass is 499 g/mol. The Labute approximate surface area is 212 Å². The van der Waals surface area contributed by atoms with Crippen molar-refractivity contribution in [1.29, 1.82) is 10.7 Å². The largest absolute Gasteiger partial charge is 0.480 e. The summed E-state index contributed by atoms with van der Waals surface area (Å²) in [5.41, 5.74) is 9.07. The molecule has 3 aromatic rings. The molecule has 188 valence electrons. The Kier molecular flexibility index (Phi) is 7.29. The molecule has 0 fully saturated rings. The number of benzene rings is 2. The van der Waals surface area contributed by atoms with Gasteiger partial charge < -0.3 is 21.1 Å². The molecule has 1 aromatic heterocycles. The lowest BCUT2D eigenvalue weighted by Crippen LogP contribution is -2.50. The van der Waals surface area contributed by atoms with Crippen LogP contribution >= 0.6 is 0 Å². The molecule has 11 nitrogen and oxygen atoms in total. The van der Waals surface area contributed by atoms with Crippen molar-refractivity contribution in [2.45, 2.75) is 32.0 Å². The van der Waals surface area contributed by atoms with Crippen molar-refractivity contribution in [2.24, 2.45) is 5.73 Å². The molecule has 0 unspecified atom stereocenters. The molecule has 0 radical (unpaired) electrons. The number of hydrogen-bond acceptors (Lipinski definition) is 6. The average Bonchev–Trinajstić information content (AvgIpc) is 3.29. The minimum Gasteiger partial charge on any atom is -0.480 e. The first-order chi connectivity index (χ1) is 17.7. The van der Waals surface area contributed by atoms with Crippen LogP contribution in [0.4, 0.5) is 0 Å². The maximum Gasteiger partial charge on any atom is 0.325 e. The van der Waals surface area contributed by atoms with Crippen LogP contribution in [0.2, 0.25) is 0 Å². The Morgan fingerprint density at radius 1 is 1.14 bits per heavy atom. The fourth-order valence-electron chi connectivity index (χ4n) is 4.19. The van der Waals surface area contributed by atoms with Gasteiger partial charge in [0, 0.05) is 48.8 Å². The molecule has 11 heteroatoms. The number of nitriles is 1. The number of carboxylic acids is 1. The molecule has 2 amide bonds. The zero-order chi connectivity index (χ0) is 26.5. The van der Waals surface area contributed by atoms with Crippen LogP contribution in [-0.2, 0) is 35.5 Å². The van der Waals surface area contributed by atoms with Crippen LogP contribution in [0, 0.1) is 16.7 Å². The number of nitrogen functional groups attached to an aromatic ring is 1. The molecule has 4 rings (SSSR count). The molecule has 0 saturated heterocycles. The van der Waals surface area contributed by atoms with E-state index >= 15 is 0 Å². The maximum absolute atomic E-state index is 13.6. The first-order valence-corrected chi connectivity index (χ1v) is 11.5. The zero-order valence-corrected chi connectivity index (χ0v) is 19.8. The molecule has 2 heterocycles. The van der Waals surface area contributed by atoms with Gasteiger partial charge in [-0.25, -0.2) is 0 Å². The van der Waals surface area contributed by atoms with Crippen molar-refractivity contribution < 1.29 is 19.5 Å². The van der Waals surface area contributed by atoms with Crippen LogP contribution in [0.1, 0.15) is 38.3 Å². The first kappa shape index (κ1) is 25.1. The summed E-state index contributed by atoms with van der Waals surface area (Å²) in [7, 11) is 0. The molecule has 0 spiro atoms. The number of rotatable bonds is 8. The Morgan fingerprint density at radius 2 is 1.81 bits per heavy atom. The standard InChI is InChI=1S/C26H25N7O4/c27-12-17-3-1-16(2-4-17)11-22(30-25(36)19-7-5-18(6-8-19)24(28)29)26(37)32-10-9-21-20(13-32)14-33(31-21)15-23(34)35/h1-8,14,22H,9-11,13,15H2,(H3,28,29)(H,30,36)(H,34,35)/t22-/m0/s1. The summed E-state index contributed by atoms with van der Waals surface area (Å²) in [6, 6.07) is 14.2. The highest BCUT2D eigenvalue weighted by atomic mass is 16.4. The highest BCUT2D eigenvalue weighted by Crippen LogP contribution is 2.20. The number of fused-ring (bicyclic) bond motifs is 1. The summed E-state index contributed by atoms with van der Waals surface area (Å²) in [6.07, 6.45) is 2.31. The number of carbonyl (C=O) groups is 3. The van der Waals surface area contributed by atoms with Crippen molar-refractivity contribution in [3.8, 4) is 6.07 Å². The van der Waals surface area contributed by atoms with E-state index in [0.717, 1.165) is 16.8 Å². The third-order valence-corrected chi connectivity index (χ3v) is 6.10. The number of carboxylic acid groups (broad SMARTS) is 1. The maximum atomic E-state index is 13.6. The summed E-state index contributed by atoms with van der Waals surface area (Å²) in [5.74, 6) is -1.85.